The SMILES string of the molecule is Cc1nc([C@H](C2CCOCC2)n2c3cc(-c4c(C)nnn4C)cnc3c3c2c(C(C)(C)O)nn3C)co1. The maximum atomic E-state index is 11.2. The molecule has 1 aliphatic rings. The van der Waals surface area contributed by atoms with E-state index in [1.54, 1.807) is 24.8 Å². The van der Waals surface area contributed by atoms with Gasteiger partial charge in [0, 0.05) is 46.0 Å². The van der Waals surface area contributed by atoms with E-state index in [1.165, 1.54) is 0 Å². The molecule has 0 amide bonds. The van der Waals surface area contributed by atoms with Gasteiger partial charge in [-0.3, -0.25) is 9.67 Å². The second-order valence-electron chi connectivity index (χ2n) is 10.5. The Morgan fingerprint density at radius 1 is 1.11 bits per heavy atom. The number of aromatic nitrogens is 8. The molecule has 11 nitrogen and oxygen atoms in total. The van der Waals surface area contributed by atoms with Crippen molar-refractivity contribution < 1.29 is 14.3 Å². The van der Waals surface area contributed by atoms with Gasteiger partial charge >= 0.3 is 0 Å². The van der Waals surface area contributed by atoms with Crippen molar-refractivity contribution in [3.05, 3.63) is 41.5 Å². The molecule has 0 aromatic carbocycles. The number of nitrogens with zero attached hydrogens (tertiary/aromatic N) is 8. The number of hydrogen-bond donors (Lipinski definition) is 1. The van der Waals surface area contributed by atoms with Gasteiger partial charge in [-0.25, -0.2) is 9.67 Å². The minimum Gasteiger partial charge on any atom is -0.449 e. The fourth-order valence-corrected chi connectivity index (χ4v) is 5.76. The van der Waals surface area contributed by atoms with E-state index >= 15 is 0 Å². The Morgan fingerprint density at radius 2 is 1.86 bits per heavy atom. The lowest BCUT2D eigenvalue weighted by Crippen LogP contribution is -2.28. The monoisotopic (exact) mass is 504 g/mol. The first-order valence-corrected chi connectivity index (χ1v) is 12.6. The first-order chi connectivity index (χ1) is 17.6. The van der Waals surface area contributed by atoms with Crippen LogP contribution >= 0.6 is 0 Å². The molecule has 6 rings (SSSR count). The summed E-state index contributed by atoms with van der Waals surface area (Å²) in [5.74, 6) is 0.861. The Kier molecular flexibility index (Phi) is 5.46. The van der Waals surface area contributed by atoms with Gasteiger partial charge < -0.3 is 18.8 Å². The lowest BCUT2D eigenvalue weighted by Gasteiger charge is -2.31. The van der Waals surface area contributed by atoms with Crippen molar-refractivity contribution >= 4 is 22.1 Å². The highest BCUT2D eigenvalue weighted by atomic mass is 16.5. The van der Waals surface area contributed by atoms with Gasteiger partial charge in [0.2, 0.25) is 0 Å². The number of hydrogen-bond acceptors (Lipinski definition) is 8. The van der Waals surface area contributed by atoms with E-state index in [2.05, 4.69) is 20.9 Å². The number of aryl methyl sites for hydroxylation is 4. The predicted octanol–water partition coefficient (Wildman–Crippen LogP) is 3.57. The molecule has 1 N–H and O–H groups in total. The maximum absolute atomic E-state index is 11.2. The van der Waals surface area contributed by atoms with Gasteiger partial charge in [-0.2, -0.15) is 5.10 Å². The maximum Gasteiger partial charge on any atom is 0.191 e. The van der Waals surface area contributed by atoms with Crippen molar-refractivity contribution in [3.63, 3.8) is 0 Å². The normalized spacial score (nSPS) is 16.3. The summed E-state index contributed by atoms with van der Waals surface area (Å²) in [7, 11) is 3.78. The summed E-state index contributed by atoms with van der Waals surface area (Å²) in [5.41, 5.74) is 6.40. The second-order valence-corrected chi connectivity index (χ2v) is 10.5. The number of pyridine rings is 1. The topological polar surface area (TPSA) is 122 Å². The van der Waals surface area contributed by atoms with Gasteiger partial charge in [-0.1, -0.05) is 5.21 Å². The summed E-state index contributed by atoms with van der Waals surface area (Å²) in [5, 5.41) is 24.4. The van der Waals surface area contributed by atoms with Crippen LogP contribution < -0.4 is 0 Å². The molecule has 0 radical (unpaired) electrons. The number of fused-ring (bicyclic) bond motifs is 3. The van der Waals surface area contributed by atoms with Crippen molar-refractivity contribution in [2.75, 3.05) is 13.2 Å². The average molecular weight is 505 g/mol. The summed E-state index contributed by atoms with van der Waals surface area (Å²) in [6.07, 6.45) is 5.37. The molecule has 0 bridgehead atoms. The largest absolute Gasteiger partial charge is 0.449 e. The van der Waals surface area contributed by atoms with Crippen molar-refractivity contribution in [2.24, 2.45) is 20.0 Å². The molecule has 5 aromatic rings. The van der Waals surface area contributed by atoms with Crippen LogP contribution in [-0.4, -0.2) is 57.6 Å². The highest BCUT2D eigenvalue weighted by molar-refractivity contribution is 6.06. The summed E-state index contributed by atoms with van der Waals surface area (Å²) in [4.78, 5) is 9.74. The van der Waals surface area contributed by atoms with Crippen LogP contribution in [-0.2, 0) is 24.4 Å². The molecule has 1 saturated heterocycles. The first-order valence-electron chi connectivity index (χ1n) is 12.6. The standard InChI is InChI=1S/C26H32N8O3/c1-14-21(33(6)31-29-14)17-11-19-20(27-12-17)23-24(25(26(3,4)35)30-32(23)5)34(19)22(16-7-9-36-10-8-16)18-13-37-15(2)28-18/h11-13,16,22,35H,7-10H2,1-6H3/t22-/m0/s1. The molecule has 0 spiro atoms. The molecule has 6 heterocycles. The molecule has 0 unspecified atom stereocenters. The summed E-state index contributed by atoms with van der Waals surface area (Å²) < 4.78 is 17.3. The number of rotatable bonds is 5. The van der Waals surface area contributed by atoms with Crippen LogP contribution in [0.2, 0.25) is 0 Å². The van der Waals surface area contributed by atoms with Crippen molar-refractivity contribution in [1.82, 2.24) is 39.3 Å². The molecule has 194 valence electrons. The van der Waals surface area contributed by atoms with Gasteiger partial charge in [0.15, 0.2) is 5.89 Å². The van der Waals surface area contributed by atoms with Crippen LogP contribution in [0.5, 0.6) is 0 Å². The zero-order valence-electron chi connectivity index (χ0n) is 22.1. The molecule has 37 heavy (non-hydrogen) atoms. The molecule has 1 atom stereocenters. The molecule has 1 fully saturated rings. The zero-order valence-corrected chi connectivity index (χ0v) is 22.1. The molecular formula is C26H32N8O3. The Hall–Kier alpha value is -3.57. The van der Waals surface area contributed by atoms with E-state index in [0.29, 0.717) is 24.8 Å². The van der Waals surface area contributed by atoms with Gasteiger partial charge in [0.05, 0.1) is 28.5 Å². The van der Waals surface area contributed by atoms with E-state index in [4.69, 9.17) is 24.2 Å². The summed E-state index contributed by atoms with van der Waals surface area (Å²) in [6, 6.07) is 1.98. The Labute approximate surface area is 214 Å². The molecule has 0 aliphatic carbocycles. The third-order valence-corrected chi connectivity index (χ3v) is 7.39. The van der Waals surface area contributed by atoms with Gasteiger partial charge in [0.25, 0.3) is 0 Å². The number of aliphatic hydroxyl groups is 1. The van der Waals surface area contributed by atoms with Crippen LogP contribution in [0.3, 0.4) is 0 Å². The van der Waals surface area contributed by atoms with E-state index in [9.17, 15) is 5.11 Å². The molecule has 5 aromatic heterocycles. The Bertz CT molecular complexity index is 1590. The third kappa shape index (κ3) is 3.75. The second kappa shape index (κ2) is 8.49. The first kappa shape index (κ1) is 23.8. The molecular weight excluding hydrogens is 472 g/mol. The van der Waals surface area contributed by atoms with Crippen LogP contribution in [0.4, 0.5) is 0 Å². The highest BCUT2D eigenvalue weighted by Gasteiger charge is 2.36. The summed E-state index contributed by atoms with van der Waals surface area (Å²) >= 11 is 0. The van der Waals surface area contributed by atoms with Crippen molar-refractivity contribution in [3.8, 4) is 11.3 Å². The van der Waals surface area contributed by atoms with Crippen LogP contribution in [0, 0.1) is 19.8 Å². The minimum atomic E-state index is -1.17. The minimum absolute atomic E-state index is 0.158. The fourth-order valence-electron chi connectivity index (χ4n) is 5.76. The van der Waals surface area contributed by atoms with Gasteiger partial charge in [-0.05, 0) is 45.6 Å². The Morgan fingerprint density at radius 3 is 2.49 bits per heavy atom. The quantitative estimate of drug-likeness (QED) is 0.386. The lowest BCUT2D eigenvalue weighted by atomic mass is 9.89. The number of ether oxygens (including phenoxy) is 1. The van der Waals surface area contributed by atoms with E-state index in [-0.39, 0.29) is 12.0 Å². The van der Waals surface area contributed by atoms with E-state index in [0.717, 1.165) is 57.6 Å². The highest BCUT2D eigenvalue weighted by Crippen LogP contribution is 2.43. The Balaban J connectivity index is 1.73. The van der Waals surface area contributed by atoms with Crippen molar-refractivity contribution in [1.29, 1.82) is 0 Å². The molecule has 11 heteroatoms. The van der Waals surface area contributed by atoms with Crippen LogP contribution in [0.15, 0.2) is 22.9 Å². The summed E-state index contributed by atoms with van der Waals surface area (Å²) in [6.45, 7) is 8.72. The van der Waals surface area contributed by atoms with E-state index in [1.807, 2.05) is 38.8 Å². The van der Waals surface area contributed by atoms with Gasteiger partial charge in [0.1, 0.15) is 34.3 Å². The van der Waals surface area contributed by atoms with Crippen LogP contribution in [0.1, 0.15) is 55.7 Å². The van der Waals surface area contributed by atoms with Gasteiger partial charge in [-0.15, -0.1) is 5.10 Å². The smallest absolute Gasteiger partial charge is 0.191 e. The molecule has 1 aliphatic heterocycles. The van der Waals surface area contributed by atoms with E-state index < -0.39 is 5.60 Å². The zero-order chi connectivity index (χ0) is 26.1. The number of oxazole rings is 1. The predicted molar refractivity (Wildman–Crippen MR) is 137 cm³/mol. The third-order valence-electron chi connectivity index (χ3n) is 7.39. The average Bonchev–Trinajstić information content (AvgIpc) is 3.60. The lowest BCUT2D eigenvalue weighted by molar-refractivity contribution is 0.0542. The van der Waals surface area contributed by atoms with Crippen LogP contribution in [0.25, 0.3) is 33.3 Å². The van der Waals surface area contributed by atoms with Crippen molar-refractivity contribution in [2.45, 2.75) is 52.2 Å². The molecule has 0 saturated carbocycles. The fraction of sp³-hybridized carbons (Fsp3) is 0.500.